The molecule has 27 heavy (non-hydrogen) atoms. The Morgan fingerprint density at radius 2 is 2.22 bits per heavy atom. The number of carbonyl (C=O) groups excluding carboxylic acids is 1. The van der Waals surface area contributed by atoms with Crippen molar-refractivity contribution in [3.05, 3.63) is 41.7 Å². The molecule has 0 aromatic carbocycles. The van der Waals surface area contributed by atoms with Crippen molar-refractivity contribution in [3.63, 3.8) is 0 Å². The molecule has 1 fully saturated rings. The van der Waals surface area contributed by atoms with E-state index in [-0.39, 0.29) is 11.7 Å². The number of aryl methyl sites for hydroxylation is 2. The molecule has 138 valence electrons. The van der Waals surface area contributed by atoms with Crippen LogP contribution in [0.4, 0.5) is 0 Å². The second kappa shape index (κ2) is 6.88. The summed E-state index contributed by atoms with van der Waals surface area (Å²) in [7, 11) is 0. The number of nitriles is 1. The minimum atomic E-state index is 0.175. The maximum absolute atomic E-state index is 12.4. The Labute approximate surface area is 157 Å². The number of fused-ring (bicyclic) bond motifs is 1. The highest BCUT2D eigenvalue weighted by molar-refractivity contribution is 5.81. The molecule has 0 radical (unpaired) electrons. The normalized spacial score (nSPS) is 16.8. The van der Waals surface area contributed by atoms with Crippen LogP contribution in [0.15, 0.2) is 29.0 Å². The zero-order chi connectivity index (χ0) is 19.0. The van der Waals surface area contributed by atoms with Crippen molar-refractivity contribution in [3.8, 4) is 17.3 Å². The van der Waals surface area contributed by atoms with E-state index in [1.165, 1.54) is 0 Å². The Balaban J connectivity index is 1.49. The van der Waals surface area contributed by atoms with Crippen molar-refractivity contribution < 1.29 is 9.32 Å². The highest BCUT2D eigenvalue weighted by Crippen LogP contribution is 2.27. The van der Waals surface area contributed by atoms with Gasteiger partial charge in [0, 0.05) is 43.0 Å². The van der Waals surface area contributed by atoms with Crippen LogP contribution >= 0.6 is 0 Å². The number of nitrogens with zero attached hydrogens (tertiary/aromatic N) is 5. The lowest BCUT2D eigenvalue weighted by Gasteiger charge is -2.07. The van der Waals surface area contributed by atoms with Gasteiger partial charge in [-0.05, 0) is 38.3 Å². The molecule has 0 saturated carbocycles. The van der Waals surface area contributed by atoms with Crippen LogP contribution in [0.5, 0.6) is 0 Å². The van der Waals surface area contributed by atoms with Crippen LogP contribution in [0, 0.1) is 31.2 Å². The topological polar surface area (TPSA) is 87.4 Å². The highest BCUT2D eigenvalue weighted by atomic mass is 16.5. The van der Waals surface area contributed by atoms with Crippen molar-refractivity contribution in [1.29, 1.82) is 5.26 Å². The van der Waals surface area contributed by atoms with Gasteiger partial charge >= 0.3 is 0 Å². The molecule has 0 amide bonds. The van der Waals surface area contributed by atoms with Crippen molar-refractivity contribution >= 4 is 11.4 Å². The summed E-state index contributed by atoms with van der Waals surface area (Å²) in [6, 6.07) is 3.94. The quantitative estimate of drug-likeness (QED) is 0.648. The minimum Gasteiger partial charge on any atom is -0.361 e. The molecule has 7 heteroatoms. The first-order chi connectivity index (χ1) is 13.0. The predicted octanol–water partition coefficient (Wildman–Crippen LogP) is 2.91. The first-order valence-corrected chi connectivity index (χ1v) is 9.10. The van der Waals surface area contributed by atoms with Crippen molar-refractivity contribution in [1.82, 2.24) is 19.4 Å². The van der Waals surface area contributed by atoms with E-state index in [0.29, 0.717) is 19.4 Å². The van der Waals surface area contributed by atoms with E-state index in [4.69, 9.17) is 9.78 Å². The fraction of sp³-hybridized carbons (Fsp3) is 0.400. The smallest absolute Gasteiger partial charge is 0.179 e. The fourth-order valence-electron chi connectivity index (χ4n) is 3.86. The molecule has 0 spiro atoms. The van der Waals surface area contributed by atoms with Gasteiger partial charge < -0.3 is 13.8 Å². The van der Waals surface area contributed by atoms with Crippen LogP contribution in [-0.2, 0) is 11.2 Å². The number of carbonyl (C=O) groups is 1. The third-order valence-electron chi connectivity index (χ3n) is 5.14. The molecule has 0 N–H and O–H groups in total. The van der Waals surface area contributed by atoms with Crippen molar-refractivity contribution in [2.24, 2.45) is 5.92 Å². The van der Waals surface area contributed by atoms with Crippen LogP contribution in [-0.4, -0.2) is 38.3 Å². The largest absolute Gasteiger partial charge is 0.361 e. The van der Waals surface area contributed by atoms with Gasteiger partial charge in [0.05, 0.1) is 17.8 Å². The number of rotatable bonds is 5. The molecule has 1 aliphatic rings. The molecular formula is C20H21N5O2. The summed E-state index contributed by atoms with van der Waals surface area (Å²) in [4.78, 5) is 18.7. The lowest BCUT2D eigenvalue weighted by atomic mass is 10.00. The molecule has 3 aromatic rings. The molecule has 7 nitrogen and oxygen atoms in total. The third kappa shape index (κ3) is 3.43. The number of pyridine rings is 1. The maximum atomic E-state index is 12.4. The highest BCUT2D eigenvalue weighted by Gasteiger charge is 2.24. The summed E-state index contributed by atoms with van der Waals surface area (Å²) >= 11 is 0. The Bertz CT molecular complexity index is 1020. The molecule has 4 heterocycles. The lowest BCUT2D eigenvalue weighted by molar-refractivity contribution is -0.119. The van der Waals surface area contributed by atoms with Crippen LogP contribution in [0.1, 0.15) is 30.0 Å². The molecule has 1 atom stereocenters. The zero-order valence-electron chi connectivity index (χ0n) is 15.5. The van der Waals surface area contributed by atoms with Gasteiger partial charge in [0.2, 0.25) is 0 Å². The number of hydrogen-bond acceptors (Lipinski definition) is 6. The number of imidazole rings is 1. The van der Waals surface area contributed by atoms with Gasteiger partial charge in [-0.1, -0.05) is 5.16 Å². The third-order valence-corrected chi connectivity index (χ3v) is 5.14. The average Bonchev–Trinajstić information content (AvgIpc) is 3.33. The average molecular weight is 363 g/mol. The van der Waals surface area contributed by atoms with E-state index in [2.05, 4.69) is 16.3 Å². The molecule has 1 saturated heterocycles. The van der Waals surface area contributed by atoms with Crippen molar-refractivity contribution in [2.75, 3.05) is 13.1 Å². The molecule has 1 aliphatic heterocycles. The predicted molar refractivity (Wildman–Crippen MR) is 98.8 cm³/mol. The van der Waals surface area contributed by atoms with E-state index in [0.717, 1.165) is 46.9 Å². The van der Waals surface area contributed by atoms with Gasteiger partial charge in [0.25, 0.3) is 0 Å². The van der Waals surface area contributed by atoms with Crippen LogP contribution in [0.25, 0.3) is 16.8 Å². The molecular weight excluding hydrogens is 342 g/mol. The van der Waals surface area contributed by atoms with Gasteiger partial charge in [-0.25, -0.2) is 4.98 Å². The monoisotopic (exact) mass is 363 g/mol. The van der Waals surface area contributed by atoms with Gasteiger partial charge in [-0.3, -0.25) is 4.79 Å². The maximum Gasteiger partial charge on any atom is 0.179 e. The first kappa shape index (κ1) is 17.3. The summed E-state index contributed by atoms with van der Waals surface area (Å²) in [5, 5.41) is 12.9. The van der Waals surface area contributed by atoms with Crippen LogP contribution in [0.3, 0.4) is 0 Å². The molecule has 1 unspecified atom stereocenters. The number of ketones is 1. The second-order valence-corrected chi connectivity index (χ2v) is 7.23. The van der Waals surface area contributed by atoms with Gasteiger partial charge in [0.1, 0.15) is 17.2 Å². The minimum absolute atomic E-state index is 0.175. The van der Waals surface area contributed by atoms with E-state index >= 15 is 0 Å². The molecule has 3 aromatic heterocycles. The Kier molecular flexibility index (Phi) is 4.40. The Morgan fingerprint density at radius 1 is 1.37 bits per heavy atom. The SMILES string of the molecule is Cc1noc(C)c1-c1ccc2nc(CC(=O)CC3CCN(C#N)C3)cn2c1. The molecule has 4 rings (SSSR count). The van der Waals surface area contributed by atoms with Gasteiger partial charge in [-0.2, -0.15) is 5.26 Å². The van der Waals surface area contributed by atoms with E-state index in [1.54, 1.807) is 4.90 Å². The molecule has 0 bridgehead atoms. The van der Waals surface area contributed by atoms with Crippen molar-refractivity contribution in [2.45, 2.75) is 33.1 Å². The van der Waals surface area contributed by atoms with E-state index in [1.807, 2.05) is 42.8 Å². The zero-order valence-corrected chi connectivity index (χ0v) is 15.5. The number of hydrogen-bond donors (Lipinski definition) is 0. The molecule has 0 aliphatic carbocycles. The van der Waals surface area contributed by atoms with Crippen LogP contribution < -0.4 is 0 Å². The fourth-order valence-corrected chi connectivity index (χ4v) is 3.86. The number of aromatic nitrogens is 3. The van der Waals surface area contributed by atoms with Gasteiger partial charge in [0.15, 0.2) is 6.19 Å². The summed E-state index contributed by atoms with van der Waals surface area (Å²) in [5.74, 6) is 1.24. The number of likely N-dealkylation sites (tertiary alicyclic amines) is 1. The van der Waals surface area contributed by atoms with E-state index < -0.39 is 0 Å². The standard InChI is InChI=1S/C20H21N5O2/c1-13-20(14(2)27-23-13)16-3-4-19-22-17(11-25(19)10-16)8-18(26)7-15-5-6-24(9-15)12-21/h3-4,10-11,15H,5-9H2,1-2H3. The summed E-state index contributed by atoms with van der Waals surface area (Å²) < 4.78 is 7.20. The second-order valence-electron chi connectivity index (χ2n) is 7.23. The number of Topliss-reactive ketones (excluding diaryl/α,β-unsaturated/α-hetero) is 1. The summed E-state index contributed by atoms with van der Waals surface area (Å²) in [6.07, 6.45) is 7.80. The lowest BCUT2D eigenvalue weighted by Crippen LogP contribution is -2.16. The first-order valence-electron chi connectivity index (χ1n) is 9.10. The Hall–Kier alpha value is -3.14. The van der Waals surface area contributed by atoms with Gasteiger partial charge in [-0.15, -0.1) is 0 Å². The summed E-state index contributed by atoms with van der Waals surface area (Å²) in [6.45, 7) is 5.26. The Morgan fingerprint density at radius 3 is 2.93 bits per heavy atom. The van der Waals surface area contributed by atoms with Crippen LogP contribution in [0.2, 0.25) is 0 Å². The van der Waals surface area contributed by atoms with E-state index in [9.17, 15) is 4.79 Å². The summed E-state index contributed by atoms with van der Waals surface area (Å²) in [5.41, 5.74) is 4.43.